The standard InChI is InChI=1S/C30H22ClN2O2.ClHO4/c31-27-17-9-7-15-24(27)21-32-29(23-13-5-2-6-14-23)19-25(22-11-3-1-4-12-22)20-30(32)26-16-8-10-18-28(26)33(34)35;2-1(3,4)5/h1-20H,21H2;(H,2,3,4,5)/q+1;/p-1. The Balaban J connectivity index is 0.000000681. The predicted molar refractivity (Wildman–Crippen MR) is 140 cm³/mol. The molecule has 0 unspecified atom stereocenters. The lowest BCUT2D eigenvalue weighted by Gasteiger charge is -2.17. The van der Waals surface area contributed by atoms with Crippen molar-refractivity contribution in [2.45, 2.75) is 6.54 Å². The van der Waals surface area contributed by atoms with Gasteiger partial charge in [-0.25, -0.2) is 18.6 Å². The van der Waals surface area contributed by atoms with Crippen LogP contribution in [0.5, 0.6) is 0 Å². The van der Waals surface area contributed by atoms with Crippen LogP contribution in [0.1, 0.15) is 5.56 Å². The summed E-state index contributed by atoms with van der Waals surface area (Å²) in [5.74, 6) is 0. The number of aromatic nitrogens is 1. The average molecular weight is 577 g/mol. The summed E-state index contributed by atoms with van der Waals surface area (Å²) < 4.78 is 36.1. The van der Waals surface area contributed by atoms with E-state index in [1.54, 1.807) is 18.2 Å². The summed E-state index contributed by atoms with van der Waals surface area (Å²) in [6, 6.07) is 38.9. The smallest absolute Gasteiger partial charge is 0.258 e. The Morgan fingerprint density at radius 3 is 1.75 bits per heavy atom. The number of pyridine rings is 1. The summed E-state index contributed by atoms with van der Waals surface area (Å²) in [5, 5.41) is 12.7. The predicted octanol–water partition coefficient (Wildman–Crippen LogP) is 2.83. The van der Waals surface area contributed by atoms with E-state index in [9.17, 15) is 10.1 Å². The van der Waals surface area contributed by atoms with E-state index in [0.717, 1.165) is 33.6 Å². The number of nitro benzene ring substituents is 1. The van der Waals surface area contributed by atoms with Crippen LogP contribution in [-0.4, -0.2) is 4.92 Å². The molecule has 8 nitrogen and oxygen atoms in total. The minimum absolute atomic E-state index is 0.0598. The molecule has 0 saturated carbocycles. The number of halogens is 2. The molecule has 0 fully saturated rings. The Morgan fingerprint density at radius 2 is 1.15 bits per heavy atom. The first-order chi connectivity index (χ1) is 19.1. The highest BCUT2D eigenvalue weighted by Gasteiger charge is 2.28. The van der Waals surface area contributed by atoms with Gasteiger partial charge in [-0.3, -0.25) is 10.1 Å². The van der Waals surface area contributed by atoms with Gasteiger partial charge >= 0.3 is 0 Å². The van der Waals surface area contributed by atoms with Crippen molar-refractivity contribution in [2.75, 3.05) is 0 Å². The molecule has 0 aliphatic rings. The van der Waals surface area contributed by atoms with Gasteiger partial charge in [0.15, 0.2) is 6.54 Å². The van der Waals surface area contributed by atoms with Crippen molar-refractivity contribution in [1.29, 1.82) is 0 Å². The molecule has 0 radical (unpaired) electrons. The topological polar surface area (TPSA) is 139 Å². The third-order valence-corrected chi connectivity index (χ3v) is 6.37. The summed E-state index contributed by atoms with van der Waals surface area (Å²) in [4.78, 5) is 11.7. The van der Waals surface area contributed by atoms with E-state index in [-0.39, 0.29) is 10.6 Å². The summed E-state index contributed by atoms with van der Waals surface area (Å²) in [6.45, 7) is 0.459. The van der Waals surface area contributed by atoms with E-state index in [0.29, 0.717) is 17.1 Å². The van der Waals surface area contributed by atoms with Crippen LogP contribution in [0.3, 0.4) is 0 Å². The molecule has 0 aliphatic heterocycles. The van der Waals surface area contributed by atoms with Crippen LogP contribution in [0.2, 0.25) is 5.02 Å². The zero-order valence-corrected chi connectivity index (χ0v) is 22.4. The molecule has 0 spiro atoms. The third kappa shape index (κ3) is 7.49. The Morgan fingerprint density at radius 1 is 0.650 bits per heavy atom. The lowest BCUT2D eigenvalue weighted by atomic mass is 9.98. The molecule has 0 amide bonds. The van der Waals surface area contributed by atoms with Crippen molar-refractivity contribution in [3.8, 4) is 33.6 Å². The normalized spacial score (nSPS) is 10.9. The van der Waals surface area contributed by atoms with Gasteiger partial charge in [0.2, 0.25) is 11.4 Å². The van der Waals surface area contributed by atoms with E-state index >= 15 is 0 Å². The van der Waals surface area contributed by atoms with E-state index in [4.69, 9.17) is 30.2 Å². The molecule has 0 saturated heterocycles. The maximum absolute atomic E-state index is 12.0. The zero-order chi connectivity index (χ0) is 28.7. The molecule has 40 heavy (non-hydrogen) atoms. The highest BCUT2D eigenvalue weighted by molar-refractivity contribution is 6.31. The second-order valence-corrected chi connectivity index (χ2v) is 9.74. The zero-order valence-electron chi connectivity index (χ0n) is 20.9. The minimum Gasteiger partial charge on any atom is -0.258 e. The fourth-order valence-corrected chi connectivity index (χ4v) is 4.50. The van der Waals surface area contributed by atoms with E-state index in [2.05, 4.69) is 22.8 Å². The minimum atomic E-state index is -4.94. The molecule has 4 aromatic carbocycles. The Hall–Kier alpha value is -4.15. The number of hydrogen-bond acceptors (Lipinski definition) is 6. The molecular weight excluding hydrogens is 555 g/mol. The van der Waals surface area contributed by atoms with Crippen LogP contribution in [0.15, 0.2) is 121 Å². The molecule has 1 heterocycles. The van der Waals surface area contributed by atoms with Gasteiger partial charge < -0.3 is 0 Å². The third-order valence-electron chi connectivity index (χ3n) is 6.01. The molecular formula is C30H22Cl2N2O6. The first kappa shape index (κ1) is 28.8. The Kier molecular flexibility index (Phi) is 9.23. The summed E-state index contributed by atoms with van der Waals surface area (Å²) in [6.07, 6.45) is 0. The number of hydrogen-bond donors (Lipinski definition) is 0. The van der Waals surface area contributed by atoms with Crippen LogP contribution in [0.25, 0.3) is 33.6 Å². The van der Waals surface area contributed by atoms with Gasteiger partial charge in [0.05, 0.1) is 9.95 Å². The fraction of sp³-hybridized carbons (Fsp3) is 0.0333. The number of nitro groups is 1. The van der Waals surface area contributed by atoms with Gasteiger partial charge in [-0.2, -0.15) is 4.57 Å². The van der Waals surface area contributed by atoms with Crippen molar-refractivity contribution in [3.05, 3.63) is 142 Å². The van der Waals surface area contributed by atoms with Crippen molar-refractivity contribution < 1.29 is 38.4 Å². The second-order valence-electron chi connectivity index (χ2n) is 8.58. The monoisotopic (exact) mass is 576 g/mol. The Bertz CT molecular complexity index is 1600. The van der Waals surface area contributed by atoms with Crippen molar-refractivity contribution >= 4 is 17.3 Å². The van der Waals surface area contributed by atoms with Gasteiger partial charge in [-0.15, -0.1) is 10.2 Å². The molecule has 202 valence electrons. The van der Waals surface area contributed by atoms with E-state index in [1.807, 2.05) is 84.9 Å². The van der Waals surface area contributed by atoms with Crippen LogP contribution in [-0.2, 0) is 6.54 Å². The lowest BCUT2D eigenvalue weighted by Crippen LogP contribution is -2.68. The number of benzene rings is 4. The molecule has 0 atom stereocenters. The fourth-order valence-electron chi connectivity index (χ4n) is 4.31. The molecule has 0 N–H and O–H groups in total. The largest absolute Gasteiger partial charge is 0.283 e. The van der Waals surface area contributed by atoms with Gasteiger partial charge in [-0.1, -0.05) is 90.5 Å². The first-order valence-electron chi connectivity index (χ1n) is 11.9. The summed E-state index contributed by atoms with van der Waals surface area (Å²) in [7, 11) is -4.94. The first-order valence-corrected chi connectivity index (χ1v) is 13.5. The number of nitrogens with zero attached hydrogens (tertiary/aromatic N) is 2. The summed E-state index contributed by atoms with van der Waals surface area (Å²) in [5.41, 5.74) is 6.27. The second kappa shape index (κ2) is 12.8. The van der Waals surface area contributed by atoms with Crippen molar-refractivity contribution in [1.82, 2.24) is 0 Å². The van der Waals surface area contributed by atoms with Crippen LogP contribution < -0.4 is 23.2 Å². The Labute approximate surface area is 237 Å². The molecule has 5 rings (SSSR count). The maximum Gasteiger partial charge on any atom is 0.283 e. The van der Waals surface area contributed by atoms with Crippen LogP contribution >= 0.6 is 11.6 Å². The van der Waals surface area contributed by atoms with Crippen LogP contribution in [0, 0.1) is 20.4 Å². The number of rotatable bonds is 6. The van der Waals surface area contributed by atoms with E-state index in [1.165, 1.54) is 0 Å². The van der Waals surface area contributed by atoms with Crippen LogP contribution in [0.4, 0.5) is 5.69 Å². The molecule has 0 bridgehead atoms. The maximum atomic E-state index is 12.0. The molecule has 10 heteroatoms. The van der Waals surface area contributed by atoms with Crippen molar-refractivity contribution in [2.24, 2.45) is 0 Å². The highest BCUT2D eigenvalue weighted by Crippen LogP contribution is 2.33. The highest BCUT2D eigenvalue weighted by atomic mass is 35.7. The molecule has 1 aromatic heterocycles. The van der Waals surface area contributed by atoms with Gasteiger partial charge in [0.25, 0.3) is 5.69 Å². The number of para-hydroxylation sites is 1. The average Bonchev–Trinajstić information content (AvgIpc) is 2.94. The quantitative estimate of drug-likeness (QED) is 0.173. The molecule has 5 aromatic rings. The van der Waals surface area contributed by atoms with Gasteiger partial charge in [-0.05, 0) is 35.4 Å². The molecule has 0 aliphatic carbocycles. The van der Waals surface area contributed by atoms with Gasteiger partial charge in [0.1, 0.15) is 5.56 Å². The SMILES string of the molecule is O=[N+]([O-])c1ccccc1-c1cc(-c2ccccc2)cc(-c2ccccc2)[n+]1Cc1ccccc1Cl.[O-][Cl+3]([O-])([O-])[O-]. The lowest BCUT2D eigenvalue weighted by molar-refractivity contribution is -2.00. The van der Waals surface area contributed by atoms with Gasteiger partial charge in [0, 0.05) is 29.3 Å². The van der Waals surface area contributed by atoms with E-state index < -0.39 is 10.2 Å². The summed E-state index contributed by atoms with van der Waals surface area (Å²) >= 11 is 6.56. The van der Waals surface area contributed by atoms with Crippen molar-refractivity contribution in [3.63, 3.8) is 0 Å².